The van der Waals surface area contributed by atoms with Gasteiger partial charge in [-0.15, -0.1) is 0 Å². The topological polar surface area (TPSA) is 28.7 Å². The predicted octanol–water partition coefficient (Wildman–Crippen LogP) is 3.55. The molecule has 0 saturated carbocycles. The van der Waals surface area contributed by atoms with Crippen LogP contribution in [0.15, 0.2) is 18.3 Å². The zero-order valence-corrected chi connectivity index (χ0v) is 8.81. The Balaban J connectivity index is 0.000000396. The highest BCUT2D eigenvalue weighted by Gasteiger charge is 2.00. The number of hydrogen-bond donors (Lipinski definition) is 1. The van der Waals surface area contributed by atoms with Crippen LogP contribution >= 0.6 is 11.6 Å². The second-order valence-corrected chi connectivity index (χ2v) is 2.91. The van der Waals surface area contributed by atoms with Gasteiger partial charge in [0.1, 0.15) is 5.65 Å². The summed E-state index contributed by atoms with van der Waals surface area (Å²) in [5, 5.41) is 1.74. The fraction of sp³-hybridized carbons (Fsp3) is 0.300. The third-order valence-corrected chi connectivity index (χ3v) is 1.94. The molecule has 0 spiro atoms. The summed E-state index contributed by atoms with van der Waals surface area (Å²) in [5.41, 5.74) is 1.94. The number of hydrogen-bond acceptors (Lipinski definition) is 1. The third-order valence-electron chi connectivity index (χ3n) is 1.61. The largest absolute Gasteiger partial charge is 0.344 e. The van der Waals surface area contributed by atoms with Crippen LogP contribution in [0.4, 0.5) is 0 Å². The van der Waals surface area contributed by atoms with E-state index in [1.165, 1.54) is 0 Å². The van der Waals surface area contributed by atoms with E-state index in [9.17, 15) is 0 Å². The fourth-order valence-corrected chi connectivity index (χ4v) is 1.33. The van der Waals surface area contributed by atoms with Gasteiger partial charge in [-0.3, -0.25) is 0 Å². The van der Waals surface area contributed by atoms with Crippen molar-refractivity contribution in [2.75, 3.05) is 0 Å². The van der Waals surface area contributed by atoms with Crippen molar-refractivity contribution in [2.24, 2.45) is 0 Å². The monoisotopic (exact) mass is 196 g/mol. The molecule has 2 heterocycles. The van der Waals surface area contributed by atoms with Crippen molar-refractivity contribution < 1.29 is 0 Å². The highest BCUT2D eigenvalue weighted by atomic mass is 35.5. The number of H-pyrrole nitrogens is 1. The van der Waals surface area contributed by atoms with Gasteiger partial charge < -0.3 is 4.98 Å². The van der Waals surface area contributed by atoms with E-state index in [1.807, 2.05) is 26.8 Å². The smallest absolute Gasteiger partial charge is 0.138 e. The van der Waals surface area contributed by atoms with Crippen molar-refractivity contribution in [3.05, 3.63) is 29.0 Å². The maximum Gasteiger partial charge on any atom is 0.138 e. The molecule has 0 atom stereocenters. The van der Waals surface area contributed by atoms with E-state index in [0.29, 0.717) is 0 Å². The summed E-state index contributed by atoms with van der Waals surface area (Å²) in [4.78, 5) is 7.23. The molecule has 0 saturated heterocycles. The molecular weight excluding hydrogens is 184 g/mol. The van der Waals surface area contributed by atoms with E-state index >= 15 is 0 Å². The van der Waals surface area contributed by atoms with E-state index < -0.39 is 0 Å². The third kappa shape index (κ3) is 2.01. The van der Waals surface area contributed by atoms with Crippen molar-refractivity contribution >= 4 is 22.6 Å². The molecule has 3 heteroatoms. The summed E-state index contributed by atoms with van der Waals surface area (Å²) in [6.07, 6.45) is 1.70. The Kier molecular flexibility index (Phi) is 3.32. The summed E-state index contributed by atoms with van der Waals surface area (Å²) in [6, 6.07) is 3.78. The fourth-order valence-electron chi connectivity index (χ4n) is 1.13. The lowest BCUT2D eigenvalue weighted by Crippen LogP contribution is -1.74. The minimum atomic E-state index is 0.749. The van der Waals surface area contributed by atoms with Gasteiger partial charge in [-0.2, -0.15) is 0 Å². The Morgan fingerprint density at radius 2 is 2.08 bits per heavy atom. The average Bonchev–Trinajstić information content (AvgIpc) is 2.51. The quantitative estimate of drug-likeness (QED) is 0.686. The zero-order valence-electron chi connectivity index (χ0n) is 8.06. The SMILES string of the molecule is CC.Cc1cc2c(Cl)ccnc2[nH]1. The number of fused-ring (bicyclic) bond motifs is 1. The van der Waals surface area contributed by atoms with Crippen LogP contribution in [0.2, 0.25) is 5.02 Å². The molecule has 2 rings (SSSR count). The molecule has 0 aromatic carbocycles. The first-order valence-electron chi connectivity index (χ1n) is 4.37. The molecular formula is C10H13ClN2. The molecule has 0 amide bonds. The molecule has 70 valence electrons. The van der Waals surface area contributed by atoms with Gasteiger partial charge in [0.2, 0.25) is 0 Å². The second kappa shape index (κ2) is 4.28. The van der Waals surface area contributed by atoms with E-state index in [0.717, 1.165) is 21.7 Å². The lowest BCUT2D eigenvalue weighted by molar-refractivity contribution is 1.25. The molecule has 0 radical (unpaired) electrons. The first-order chi connectivity index (χ1) is 6.27. The van der Waals surface area contributed by atoms with E-state index in [1.54, 1.807) is 12.3 Å². The van der Waals surface area contributed by atoms with Crippen molar-refractivity contribution in [3.8, 4) is 0 Å². The maximum atomic E-state index is 5.91. The van der Waals surface area contributed by atoms with Crippen LogP contribution in [-0.4, -0.2) is 9.97 Å². The van der Waals surface area contributed by atoms with Gasteiger partial charge in [0, 0.05) is 17.3 Å². The Morgan fingerprint density at radius 3 is 2.69 bits per heavy atom. The Morgan fingerprint density at radius 1 is 1.38 bits per heavy atom. The van der Waals surface area contributed by atoms with Crippen LogP contribution in [-0.2, 0) is 0 Å². The minimum Gasteiger partial charge on any atom is -0.344 e. The van der Waals surface area contributed by atoms with Gasteiger partial charge in [0.25, 0.3) is 0 Å². The van der Waals surface area contributed by atoms with Crippen LogP contribution in [0.1, 0.15) is 19.5 Å². The van der Waals surface area contributed by atoms with Crippen molar-refractivity contribution in [1.82, 2.24) is 9.97 Å². The molecule has 0 fully saturated rings. The predicted molar refractivity (Wildman–Crippen MR) is 57.2 cm³/mol. The van der Waals surface area contributed by atoms with E-state index in [-0.39, 0.29) is 0 Å². The molecule has 0 unspecified atom stereocenters. The highest BCUT2D eigenvalue weighted by molar-refractivity contribution is 6.35. The first-order valence-corrected chi connectivity index (χ1v) is 4.75. The molecule has 0 aliphatic rings. The zero-order chi connectivity index (χ0) is 9.84. The van der Waals surface area contributed by atoms with Crippen molar-refractivity contribution in [3.63, 3.8) is 0 Å². The summed E-state index contributed by atoms with van der Waals surface area (Å²) in [7, 11) is 0. The van der Waals surface area contributed by atoms with Crippen LogP contribution < -0.4 is 0 Å². The van der Waals surface area contributed by atoms with Gasteiger partial charge in [-0.25, -0.2) is 4.98 Å². The number of halogens is 1. The lowest BCUT2D eigenvalue weighted by Gasteiger charge is -1.89. The van der Waals surface area contributed by atoms with Crippen LogP contribution in [0.25, 0.3) is 11.0 Å². The number of nitrogens with zero attached hydrogens (tertiary/aromatic N) is 1. The van der Waals surface area contributed by atoms with Gasteiger partial charge in [-0.1, -0.05) is 25.4 Å². The molecule has 2 aromatic heterocycles. The minimum absolute atomic E-state index is 0.749. The highest BCUT2D eigenvalue weighted by Crippen LogP contribution is 2.21. The van der Waals surface area contributed by atoms with Crippen LogP contribution in [0, 0.1) is 6.92 Å². The Labute approximate surface area is 82.9 Å². The average molecular weight is 197 g/mol. The molecule has 1 N–H and O–H groups in total. The Hall–Kier alpha value is -1.02. The molecule has 0 aliphatic carbocycles. The number of aromatic amines is 1. The summed E-state index contributed by atoms with van der Waals surface area (Å²) in [6.45, 7) is 5.98. The van der Waals surface area contributed by atoms with Gasteiger partial charge >= 0.3 is 0 Å². The van der Waals surface area contributed by atoms with Crippen LogP contribution in [0.3, 0.4) is 0 Å². The van der Waals surface area contributed by atoms with E-state index in [2.05, 4.69) is 9.97 Å². The summed E-state index contributed by atoms with van der Waals surface area (Å²) < 4.78 is 0. The lowest BCUT2D eigenvalue weighted by atomic mass is 10.3. The van der Waals surface area contributed by atoms with Crippen molar-refractivity contribution in [2.45, 2.75) is 20.8 Å². The number of nitrogens with one attached hydrogen (secondary N) is 1. The number of rotatable bonds is 0. The van der Waals surface area contributed by atoms with Gasteiger partial charge in [0.05, 0.1) is 5.02 Å². The molecule has 0 aliphatic heterocycles. The maximum absolute atomic E-state index is 5.91. The van der Waals surface area contributed by atoms with E-state index in [4.69, 9.17) is 11.6 Å². The molecule has 13 heavy (non-hydrogen) atoms. The first kappa shape index (κ1) is 10.1. The molecule has 0 bridgehead atoms. The van der Waals surface area contributed by atoms with Gasteiger partial charge in [-0.05, 0) is 19.1 Å². The summed E-state index contributed by atoms with van der Waals surface area (Å²) in [5.74, 6) is 0. The molecule has 2 aromatic rings. The number of aromatic nitrogens is 2. The molecule has 2 nitrogen and oxygen atoms in total. The Bertz CT molecular complexity index is 393. The standard InChI is InChI=1S/C8H7ClN2.C2H6/c1-5-4-6-7(9)2-3-10-8(6)11-5;1-2/h2-4H,1H3,(H,10,11);1-2H3. The number of pyridine rings is 1. The normalized spacial score (nSPS) is 9.54. The van der Waals surface area contributed by atoms with Gasteiger partial charge in [0.15, 0.2) is 0 Å². The van der Waals surface area contributed by atoms with Crippen molar-refractivity contribution in [1.29, 1.82) is 0 Å². The number of aryl methyl sites for hydroxylation is 1. The second-order valence-electron chi connectivity index (χ2n) is 2.51. The van der Waals surface area contributed by atoms with Crippen LogP contribution in [0.5, 0.6) is 0 Å². The summed E-state index contributed by atoms with van der Waals surface area (Å²) >= 11 is 5.91.